The second-order valence-electron chi connectivity index (χ2n) is 5.57. The zero-order chi connectivity index (χ0) is 16.8. The van der Waals surface area contributed by atoms with Gasteiger partial charge in [0.2, 0.25) is 10.0 Å². The number of sulfonamides is 1. The molecule has 1 aromatic rings. The molecule has 1 amide bonds. The Balaban J connectivity index is 2.57. The van der Waals surface area contributed by atoms with Crippen molar-refractivity contribution in [1.82, 2.24) is 9.62 Å². The SMILES string of the molecule is CCCCN(CCNC(=O)c1ccc(C)c(C)c1)S(C)(=O)=O. The van der Waals surface area contributed by atoms with Gasteiger partial charge in [-0.25, -0.2) is 12.7 Å². The Morgan fingerprint density at radius 2 is 1.86 bits per heavy atom. The molecule has 22 heavy (non-hydrogen) atoms. The van der Waals surface area contributed by atoms with Gasteiger partial charge in [-0.3, -0.25) is 4.79 Å². The van der Waals surface area contributed by atoms with Gasteiger partial charge in [-0.15, -0.1) is 0 Å². The molecule has 1 rings (SSSR count). The van der Waals surface area contributed by atoms with Gasteiger partial charge in [-0.05, 0) is 43.5 Å². The minimum Gasteiger partial charge on any atom is -0.351 e. The number of hydrogen-bond acceptors (Lipinski definition) is 3. The van der Waals surface area contributed by atoms with E-state index in [-0.39, 0.29) is 5.91 Å². The Morgan fingerprint density at radius 3 is 2.41 bits per heavy atom. The highest BCUT2D eigenvalue weighted by Gasteiger charge is 2.16. The van der Waals surface area contributed by atoms with Gasteiger partial charge in [0, 0.05) is 25.2 Å². The van der Waals surface area contributed by atoms with Crippen molar-refractivity contribution >= 4 is 15.9 Å². The molecule has 0 radical (unpaired) electrons. The summed E-state index contributed by atoms with van der Waals surface area (Å²) in [5.41, 5.74) is 2.80. The van der Waals surface area contributed by atoms with Gasteiger partial charge in [-0.2, -0.15) is 0 Å². The molecule has 0 saturated heterocycles. The highest BCUT2D eigenvalue weighted by molar-refractivity contribution is 7.88. The molecule has 0 unspecified atom stereocenters. The van der Waals surface area contributed by atoms with Crippen molar-refractivity contribution in [3.05, 3.63) is 34.9 Å². The van der Waals surface area contributed by atoms with Gasteiger partial charge in [0.15, 0.2) is 0 Å². The van der Waals surface area contributed by atoms with E-state index in [9.17, 15) is 13.2 Å². The maximum absolute atomic E-state index is 12.1. The molecule has 1 aromatic carbocycles. The van der Waals surface area contributed by atoms with Crippen LogP contribution >= 0.6 is 0 Å². The maximum Gasteiger partial charge on any atom is 0.251 e. The summed E-state index contributed by atoms with van der Waals surface area (Å²) in [6, 6.07) is 5.54. The second-order valence-corrected chi connectivity index (χ2v) is 7.55. The van der Waals surface area contributed by atoms with Crippen LogP contribution in [0, 0.1) is 13.8 Å². The van der Waals surface area contributed by atoms with Crippen LogP contribution in [0.15, 0.2) is 18.2 Å². The summed E-state index contributed by atoms with van der Waals surface area (Å²) in [7, 11) is -3.23. The number of carbonyl (C=O) groups excluding carboxylic acids is 1. The van der Waals surface area contributed by atoms with Crippen molar-refractivity contribution in [3.8, 4) is 0 Å². The Bertz CT molecular complexity index is 612. The first-order valence-electron chi connectivity index (χ1n) is 7.56. The summed E-state index contributed by atoms with van der Waals surface area (Å²) in [5.74, 6) is -0.174. The average molecular weight is 326 g/mol. The molecule has 0 aliphatic heterocycles. The smallest absolute Gasteiger partial charge is 0.251 e. The summed E-state index contributed by atoms with van der Waals surface area (Å²) in [4.78, 5) is 12.1. The summed E-state index contributed by atoms with van der Waals surface area (Å²) in [6.45, 7) is 7.08. The first-order valence-corrected chi connectivity index (χ1v) is 9.41. The first-order chi connectivity index (χ1) is 10.3. The van der Waals surface area contributed by atoms with E-state index in [0.29, 0.717) is 25.2 Å². The quantitative estimate of drug-likeness (QED) is 0.795. The van der Waals surface area contributed by atoms with Gasteiger partial charge < -0.3 is 5.32 Å². The topological polar surface area (TPSA) is 66.5 Å². The van der Waals surface area contributed by atoms with Crippen molar-refractivity contribution in [1.29, 1.82) is 0 Å². The number of carbonyl (C=O) groups is 1. The minimum absolute atomic E-state index is 0.174. The third kappa shape index (κ3) is 5.77. The van der Waals surface area contributed by atoms with E-state index in [4.69, 9.17) is 0 Å². The number of hydrogen-bond donors (Lipinski definition) is 1. The monoisotopic (exact) mass is 326 g/mol. The van der Waals surface area contributed by atoms with Crippen LogP contribution in [0.5, 0.6) is 0 Å². The van der Waals surface area contributed by atoms with Crippen molar-refractivity contribution in [2.75, 3.05) is 25.9 Å². The fraction of sp³-hybridized carbons (Fsp3) is 0.562. The van der Waals surface area contributed by atoms with Crippen molar-refractivity contribution in [3.63, 3.8) is 0 Å². The number of amides is 1. The molecule has 0 atom stereocenters. The van der Waals surface area contributed by atoms with E-state index in [1.165, 1.54) is 10.6 Å². The lowest BCUT2D eigenvalue weighted by atomic mass is 10.1. The van der Waals surface area contributed by atoms with Crippen LogP contribution in [0.4, 0.5) is 0 Å². The zero-order valence-corrected chi connectivity index (χ0v) is 14.7. The number of rotatable bonds is 8. The van der Waals surface area contributed by atoms with Crippen LogP contribution in [0.3, 0.4) is 0 Å². The Kier molecular flexibility index (Phi) is 7.03. The van der Waals surface area contributed by atoms with E-state index in [0.717, 1.165) is 24.0 Å². The molecule has 0 bridgehead atoms. The Labute approximate surface area is 133 Å². The Hall–Kier alpha value is -1.40. The lowest BCUT2D eigenvalue weighted by molar-refractivity contribution is 0.0951. The molecule has 5 nitrogen and oxygen atoms in total. The molecule has 0 heterocycles. The molecule has 6 heteroatoms. The average Bonchev–Trinajstić information content (AvgIpc) is 2.44. The van der Waals surface area contributed by atoms with Crippen molar-refractivity contribution in [2.45, 2.75) is 33.6 Å². The third-order valence-electron chi connectivity index (χ3n) is 3.65. The molecule has 0 spiro atoms. The highest BCUT2D eigenvalue weighted by Crippen LogP contribution is 2.09. The van der Waals surface area contributed by atoms with E-state index in [1.54, 1.807) is 6.07 Å². The molecule has 0 saturated carbocycles. The second kappa shape index (κ2) is 8.29. The lowest BCUT2D eigenvalue weighted by Gasteiger charge is -2.19. The van der Waals surface area contributed by atoms with Crippen LogP contribution in [-0.2, 0) is 10.0 Å². The van der Waals surface area contributed by atoms with Gasteiger partial charge in [0.05, 0.1) is 6.26 Å². The predicted octanol–water partition coefficient (Wildman–Crippen LogP) is 2.09. The zero-order valence-electron chi connectivity index (χ0n) is 13.8. The van der Waals surface area contributed by atoms with Crippen LogP contribution < -0.4 is 5.32 Å². The predicted molar refractivity (Wildman–Crippen MR) is 89.6 cm³/mol. The number of nitrogens with one attached hydrogen (secondary N) is 1. The van der Waals surface area contributed by atoms with E-state index >= 15 is 0 Å². The summed E-state index contributed by atoms with van der Waals surface area (Å²) in [6.07, 6.45) is 2.95. The van der Waals surface area contributed by atoms with E-state index in [2.05, 4.69) is 5.32 Å². The molecule has 124 valence electrons. The molecular formula is C16H26N2O3S. The van der Waals surface area contributed by atoms with Crippen LogP contribution in [-0.4, -0.2) is 44.5 Å². The van der Waals surface area contributed by atoms with Crippen LogP contribution in [0.25, 0.3) is 0 Å². The highest BCUT2D eigenvalue weighted by atomic mass is 32.2. The summed E-state index contributed by atoms with van der Waals surface area (Å²) >= 11 is 0. The van der Waals surface area contributed by atoms with Crippen LogP contribution in [0.2, 0.25) is 0 Å². The lowest BCUT2D eigenvalue weighted by Crippen LogP contribution is -2.38. The molecular weight excluding hydrogens is 300 g/mol. The molecule has 0 fully saturated rings. The standard InChI is InChI=1S/C16H26N2O3S/c1-5-6-10-18(22(4,20)21)11-9-17-16(19)15-8-7-13(2)14(3)12-15/h7-8,12H,5-6,9-11H2,1-4H3,(H,17,19). The number of unbranched alkanes of at least 4 members (excludes halogenated alkanes) is 1. The van der Waals surface area contributed by atoms with Gasteiger partial charge in [0.25, 0.3) is 5.91 Å². The molecule has 0 aromatic heterocycles. The number of aryl methyl sites for hydroxylation is 2. The van der Waals surface area contributed by atoms with Gasteiger partial charge in [-0.1, -0.05) is 19.4 Å². The first kappa shape index (κ1) is 18.6. The normalized spacial score (nSPS) is 11.7. The van der Waals surface area contributed by atoms with Crippen LogP contribution in [0.1, 0.15) is 41.3 Å². The third-order valence-corrected chi connectivity index (χ3v) is 4.95. The van der Waals surface area contributed by atoms with Gasteiger partial charge in [0.1, 0.15) is 0 Å². The number of benzene rings is 1. The Morgan fingerprint density at radius 1 is 1.18 bits per heavy atom. The van der Waals surface area contributed by atoms with Gasteiger partial charge >= 0.3 is 0 Å². The van der Waals surface area contributed by atoms with Crippen molar-refractivity contribution < 1.29 is 13.2 Å². The van der Waals surface area contributed by atoms with E-state index < -0.39 is 10.0 Å². The summed E-state index contributed by atoms with van der Waals surface area (Å²) in [5, 5.41) is 2.78. The number of nitrogens with zero attached hydrogens (tertiary/aromatic N) is 1. The van der Waals surface area contributed by atoms with Crippen molar-refractivity contribution in [2.24, 2.45) is 0 Å². The fourth-order valence-corrected chi connectivity index (χ4v) is 2.94. The molecule has 1 N–H and O–H groups in total. The molecule has 0 aliphatic carbocycles. The van der Waals surface area contributed by atoms with E-state index in [1.807, 2.05) is 32.9 Å². The molecule has 0 aliphatic rings. The largest absolute Gasteiger partial charge is 0.351 e. The maximum atomic E-state index is 12.1. The minimum atomic E-state index is -3.23. The fourth-order valence-electron chi connectivity index (χ4n) is 2.06. The summed E-state index contributed by atoms with van der Waals surface area (Å²) < 4.78 is 24.8.